The van der Waals surface area contributed by atoms with Crippen LogP contribution in [0.25, 0.3) is 10.8 Å². The maximum Gasteiger partial charge on any atom is 0.172 e. The first-order chi connectivity index (χ1) is 15.2. The van der Waals surface area contributed by atoms with Gasteiger partial charge in [0.05, 0.1) is 0 Å². The van der Waals surface area contributed by atoms with Gasteiger partial charge in [-0.3, -0.25) is 0 Å². The van der Waals surface area contributed by atoms with E-state index in [1.54, 1.807) is 12.1 Å². The first-order valence-electron chi connectivity index (χ1n) is 11.7. The first kappa shape index (κ1) is 21.6. The fourth-order valence-electron chi connectivity index (χ4n) is 4.89. The molecule has 0 unspecified atom stereocenters. The minimum Gasteiger partial charge on any atom is -0.486 e. The molecule has 0 spiro atoms. The van der Waals surface area contributed by atoms with Gasteiger partial charge in [-0.1, -0.05) is 74.5 Å². The van der Waals surface area contributed by atoms with Crippen molar-refractivity contribution in [1.29, 1.82) is 0 Å². The molecule has 1 aliphatic carbocycles. The molecule has 0 aromatic heterocycles. The number of fused-ring (bicyclic) bond motifs is 1. The number of halogens is 1. The Labute approximate surface area is 185 Å². The Kier molecular flexibility index (Phi) is 7.06. The molecule has 2 heteroatoms. The molecule has 1 fully saturated rings. The molecule has 3 aromatic rings. The second-order valence-corrected chi connectivity index (χ2v) is 8.90. The van der Waals surface area contributed by atoms with E-state index in [0.717, 1.165) is 30.1 Å². The van der Waals surface area contributed by atoms with Gasteiger partial charge in [-0.25, -0.2) is 4.39 Å². The van der Waals surface area contributed by atoms with Crippen molar-refractivity contribution in [1.82, 2.24) is 0 Å². The highest BCUT2D eigenvalue weighted by atomic mass is 19.1. The Morgan fingerprint density at radius 1 is 0.935 bits per heavy atom. The van der Waals surface area contributed by atoms with Crippen molar-refractivity contribution in [2.24, 2.45) is 5.92 Å². The summed E-state index contributed by atoms with van der Waals surface area (Å²) < 4.78 is 20.0. The monoisotopic (exact) mass is 416 g/mol. The second-order valence-electron chi connectivity index (χ2n) is 8.90. The molecule has 0 N–H and O–H groups in total. The largest absolute Gasteiger partial charge is 0.486 e. The van der Waals surface area contributed by atoms with Crippen LogP contribution in [0, 0.1) is 11.7 Å². The lowest BCUT2D eigenvalue weighted by Crippen LogP contribution is -2.12. The van der Waals surface area contributed by atoms with E-state index in [9.17, 15) is 4.39 Å². The van der Waals surface area contributed by atoms with E-state index in [1.165, 1.54) is 48.8 Å². The molecular formula is C29H33FO. The van der Waals surface area contributed by atoms with Crippen LogP contribution in [0.3, 0.4) is 0 Å². The number of ether oxygens (including phenoxy) is 1. The van der Waals surface area contributed by atoms with Crippen LogP contribution in [0.2, 0.25) is 0 Å². The molecule has 3 aromatic carbocycles. The van der Waals surface area contributed by atoms with Crippen molar-refractivity contribution >= 4 is 10.8 Å². The predicted molar refractivity (Wildman–Crippen MR) is 128 cm³/mol. The van der Waals surface area contributed by atoms with E-state index in [2.05, 4.69) is 43.8 Å². The number of benzene rings is 3. The zero-order valence-corrected chi connectivity index (χ0v) is 18.6. The Bertz CT molecular complexity index is 1010. The summed E-state index contributed by atoms with van der Waals surface area (Å²) >= 11 is 0. The lowest BCUT2D eigenvalue weighted by molar-refractivity contribution is 0.319. The maximum absolute atomic E-state index is 14.6. The van der Waals surface area contributed by atoms with Gasteiger partial charge < -0.3 is 4.74 Å². The molecule has 162 valence electrons. The summed E-state index contributed by atoms with van der Waals surface area (Å²) in [5.41, 5.74) is 4.10. The highest BCUT2D eigenvalue weighted by Gasteiger charge is 2.21. The summed E-state index contributed by atoms with van der Waals surface area (Å²) in [5, 5.41) is 1.52. The Balaban J connectivity index is 1.38. The topological polar surface area (TPSA) is 9.23 Å². The van der Waals surface area contributed by atoms with Gasteiger partial charge in [-0.15, -0.1) is 0 Å². The number of aryl methyl sites for hydroxylation is 2. The Morgan fingerprint density at radius 2 is 1.65 bits per heavy atom. The van der Waals surface area contributed by atoms with Crippen molar-refractivity contribution < 1.29 is 9.13 Å². The second kappa shape index (κ2) is 10.1. The number of hydrogen-bond donors (Lipinski definition) is 0. The van der Waals surface area contributed by atoms with Gasteiger partial charge >= 0.3 is 0 Å². The Morgan fingerprint density at radius 3 is 2.35 bits per heavy atom. The summed E-state index contributed by atoms with van der Waals surface area (Å²) in [6, 6.07) is 18.9. The van der Waals surface area contributed by atoms with E-state index >= 15 is 0 Å². The third-order valence-corrected chi connectivity index (χ3v) is 6.92. The van der Waals surface area contributed by atoms with Crippen LogP contribution < -0.4 is 4.74 Å². The third-order valence-electron chi connectivity index (χ3n) is 6.92. The van der Waals surface area contributed by atoms with Crippen molar-refractivity contribution in [2.75, 3.05) is 6.61 Å². The van der Waals surface area contributed by atoms with E-state index < -0.39 is 0 Å². The minimum atomic E-state index is -0.297. The fourth-order valence-corrected chi connectivity index (χ4v) is 4.89. The zero-order valence-electron chi connectivity index (χ0n) is 18.6. The van der Waals surface area contributed by atoms with Crippen LogP contribution in [-0.2, 0) is 12.8 Å². The molecule has 0 atom stereocenters. The first-order valence-corrected chi connectivity index (χ1v) is 11.7. The van der Waals surface area contributed by atoms with Gasteiger partial charge in [0.2, 0.25) is 0 Å². The highest BCUT2D eigenvalue weighted by molar-refractivity contribution is 5.85. The van der Waals surface area contributed by atoms with Crippen molar-refractivity contribution in [3.8, 4) is 5.75 Å². The molecule has 0 aliphatic heterocycles. The summed E-state index contributed by atoms with van der Waals surface area (Å²) in [7, 11) is 0. The number of hydrogen-bond acceptors (Lipinski definition) is 1. The van der Waals surface area contributed by atoms with E-state index in [0.29, 0.717) is 12.0 Å². The quantitative estimate of drug-likeness (QED) is 0.338. The van der Waals surface area contributed by atoms with Crippen LogP contribution in [-0.4, -0.2) is 6.61 Å². The SMILES string of the molecule is C=CCOc1ccc2cc(CCc3ccc(C4CCC(CC)CC4)cc3)ccc2c1F. The van der Waals surface area contributed by atoms with Crippen LogP contribution in [0.15, 0.2) is 67.3 Å². The molecule has 0 amide bonds. The van der Waals surface area contributed by atoms with Gasteiger partial charge in [0.15, 0.2) is 11.6 Å². The molecule has 0 radical (unpaired) electrons. The summed E-state index contributed by atoms with van der Waals surface area (Å²) in [6.07, 6.45) is 10.3. The van der Waals surface area contributed by atoms with Crippen LogP contribution in [0.4, 0.5) is 4.39 Å². The molecule has 0 saturated heterocycles. The average molecular weight is 417 g/mol. The molecule has 1 nitrogen and oxygen atoms in total. The highest BCUT2D eigenvalue weighted by Crippen LogP contribution is 2.37. The van der Waals surface area contributed by atoms with Gasteiger partial charge in [0.1, 0.15) is 6.61 Å². The number of rotatable bonds is 8. The van der Waals surface area contributed by atoms with Crippen molar-refractivity contribution in [2.45, 2.75) is 57.8 Å². The molecule has 0 heterocycles. The predicted octanol–water partition coefficient (Wildman–Crippen LogP) is 8.01. The molecule has 1 aliphatic rings. The molecule has 0 bridgehead atoms. The van der Waals surface area contributed by atoms with Crippen LogP contribution in [0.5, 0.6) is 5.75 Å². The van der Waals surface area contributed by atoms with Crippen molar-refractivity contribution in [3.05, 3.63) is 89.8 Å². The lowest BCUT2D eigenvalue weighted by atomic mass is 9.78. The van der Waals surface area contributed by atoms with Gasteiger partial charge in [-0.05, 0) is 78.5 Å². The molecule has 31 heavy (non-hydrogen) atoms. The van der Waals surface area contributed by atoms with Gasteiger partial charge in [0, 0.05) is 5.39 Å². The molecule has 1 saturated carbocycles. The normalized spacial score (nSPS) is 18.8. The van der Waals surface area contributed by atoms with Gasteiger partial charge in [-0.2, -0.15) is 0 Å². The Hall–Kier alpha value is -2.61. The summed E-state index contributed by atoms with van der Waals surface area (Å²) in [4.78, 5) is 0. The fraction of sp³-hybridized carbons (Fsp3) is 0.379. The summed E-state index contributed by atoms with van der Waals surface area (Å²) in [6.45, 7) is 6.24. The van der Waals surface area contributed by atoms with Crippen LogP contribution in [0.1, 0.15) is 61.6 Å². The lowest BCUT2D eigenvalue weighted by Gasteiger charge is -2.28. The van der Waals surface area contributed by atoms with E-state index in [4.69, 9.17) is 4.74 Å². The van der Waals surface area contributed by atoms with Crippen molar-refractivity contribution in [3.63, 3.8) is 0 Å². The third kappa shape index (κ3) is 5.18. The average Bonchev–Trinajstić information content (AvgIpc) is 2.83. The zero-order chi connectivity index (χ0) is 21.6. The minimum absolute atomic E-state index is 0.281. The molecule has 4 rings (SSSR count). The smallest absolute Gasteiger partial charge is 0.172 e. The maximum atomic E-state index is 14.6. The van der Waals surface area contributed by atoms with E-state index in [1.807, 2.05) is 18.2 Å². The summed E-state index contributed by atoms with van der Waals surface area (Å²) in [5.74, 6) is 1.67. The van der Waals surface area contributed by atoms with E-state index in [-0.39, 0.29) is 11.6 Å². The van der Waals surface area contributed by atoms with Crippen LogP contribution >= 0.6 is 0 Å². The van der Waals surface area contributed by atoms with Gasteiger partial charge in [0.25, 0.3) is 0 Å². The molecular weight excluding hydrogens is 383 g/mol. The standard InChI is InChI=1S/C29H33FO/c1-3-19-31-28-18-16-26-20-23(11-17-27(26)29(28)30)6-5-22-9-14-25(15-10-22)24-12-7-21(4-2)8-13-24/h3,9-11,14-18,20-21,24H,1,4-8,12-13,19H2,2H3.